The molecule has 128 valence electrons. The van der Waals surface area contributed by atoms with Crippen molar-refractivity contribution in [1.82, 2.24) is 0 Å². The fourth-order valence-corrected chi connectivity index (χ4v) is 3.11. The smallest absolute Gasteiger partial charge is 0.272 e. The molecule has 0 saturated heterocycles. The average Bonchev–Trinajstić information content (AvgIpc) is 2.83. The van der Waals surface area contributed by atoms with Crippen molar-refractivity contribution < 1.29 is 18.1 Å². The van der Waals surface area contributed by atoms with Gasteiger partial charge in [-0.15, -0.1) is 0 Å². The van der Waals surface area contributed by atoms with Crippen molar-refractivity contribution >= 4 is 39.0 Å². The monoisotopic (exact) mass is 359 g/mol. The van der Waals surface area contributed by atoms with Crippen molar-refractivity contribution in [3.8, 4) is 0 Å². The van der Waals surface area contributed by atoms with Gasteiger partial charge in [-0.05, 0) is 36.8 Å². The van der Waals surface area contributed by atoms with Crippen LogP contribution in [-0.4, -0.2) is 19.2 Å². The molecule has 0 spiro atoms. The normalized spacial score (nSPS) is 15.1. The zero-order valence-corrected chi connectivity index (χ0v) is 13.8. The number of aryl methyl sites for hydroxylation is 1. The number of benzene rings is 2. The maximum atomic E-state index is 12.2. The number of nitrogens with zero attached hydrogens (tertiary/aromatic N) is 1. The summed E-state index contributed by atoms with van der Waals surface area (Å²) in [6.45, 7) is 1.62. The lowest BCUT2D eigenvalue weighted by atomic mass is 10.0. The van der Waals surface area contributed by atoms with Crippen LogP contribution in [0.2, 0.25) is 0 Å². The van der Waals surface area contributed by atoms with Gasteiger partial charge in [-0.3, -0.25) is 14.9 Å². The summed E-state index contributed by atoms with van der Waals surface area (Å²) in [4.78, 5) is 22.6. The number of hydrogen-bond donors (Lipinski definition) is 2. The molecule has 1 aliphatic heterocycles. The molecule has 3 rings (SSSR count). The molecule has 0 fully saturated rings. The summed E-state index contributed by atoms with van der Waals surface area (Å²) in [6, 6.07) is 8.64. The lowest BCUT2D eigenvalue weighted by Crippen LogP contribution is -2.12. The molecule has 0 aliphatic carbocycles. The molecule has 0 saturated carbocycles. The Bertz CT molecular complexity index is 1060. The first-order valence-corrected chi connectivity index (χ1v) is 8.67. The van der Waals surface area contributed by atoms with Gasteiger partial charge in [0.25, 0.3) is 11.6 Å². The zero-order valence-electron chi connectivity index (χ0n) is 13.0. The number of nitro groups is 1. The number of nitro benzene ring substituents is 1. The first kappa shape index (κ1) is 16.8. The molecule has 0 unspecified atom stereocenters. The lowest BCUT2D eigenvalue weighted by molar-refractivity contribution is -0.385. The standard InChI is InChI=1S/C16H13N3O5S/c1-9-2-3-10(7-15(9)19(21)22)6-13-12-8-11(25(17,23)24)4-5-14(12)18-16(13)20/h2-8H,1H3,(H,18,20)(H2,17,23,24)/b13-6+. The number of rotatable bonds is 3. The summed E-state index contributed by atoms with van der Waals surface area (Å²) in [7, 11) is -3.92. The number of carbonyl (C=O) groups is 1. The molecular weight excluding hydrogens is 346 g/mol. The van der Waals surface area contributed by atoms with Gasteiger partial charge in [-0.25, -0.2) is 13.6 Å². The van der Waals surface area contributed by atoms with E-state index >= 15 is 0 Å². The molecule has 1 heterocycles. The number of nitrogens with two attached hydrogens (primary N) is 1. The Labute approximate surface area is 143 Å². The van der Waals surface area contributed by atoms with Gasteiger partial charge in [0.2, 0.25) is 10.0 Å². The number of primary sulfonamides is 1. The van der Waals surface area contributed by atoms with Crippen LogP contribution in [0, 0.1) is 17.0 Å². The number of hydrogen-bond acceptors (Lipinski definition) is 5. The Balaban J connectivity index is 2.14. The van der Waals surface area contributed by atoms with Crippen LogP contribution in [0.3, 0.4) is 0 Å². The molecule has 0 aromatic heterocycles. The molecule has 0 radical (unpaired) electrons. The minimum atomic E-state index is -3.92. The predicted molar refractivity (Wildman–Crippen MR) is 92.1 cm³/mol. The van der Waals surface area contributed by atoms with Crippen molar-refractivity contribution in [2.45, 2.75) is 11.8 Å². The van der Waals surface area contributed by atoms with E-state index in [4.69, 9.17) is 5.14 Å². The molecule has 1 aliphatic rings. The molecule has 2 aromatic carbocycles. The van der Waals surface area contributed by atoms with E-state index in [0.29, 0.717) is 22.4 Å². The quantitative estimate of drug-likeness (QED) is 0.491. The largest absolute Gasteiger partial charge is 0.321 e. The van der Waals surface area contributed by atoms with Crippen LogP contribution >= 0.6 is 0 Å². The van der Waals surface area contributed by atoms with Crippen molar-refractivity contribution in [3.63, 3.8) is 0 Å². The van der Waals surface area contributed by atoms with E-state index in [2.05, 4.69) is 5.32 Å². The molecule has 3 N–H and O–H groups in total. The van der Waals surface area contributed by atoms with Crippen molar-refractivity contribution in [3.05, 3.63) is 63.2 Å². The highest BCUT2D eigenvalue weighted by Crippen LogP contribution is 2.35. The van der Waals surface area contributed by atoms with E-state index in [1.807, 2.05) is 0 Å². The Morgan fingerprint density at radius 2 is 1.92 bits per heavy atom. The molecule has 1 amide bonds. The molecule has 9 heteroatoms. The minimum Gasteiger partial charge on any atom is -0.321 e. The fourth-order valence-electron chi connectivity index (χ4n) is 2.57. The first-order chi connectivity index (χ1) is 11.7. The number of carbonyl (C=O) groups excluding carboxylic acids is 1. The number of sulfonamides is 1. The van der Waals surface area contributed by atoms with Crippen LogP contribution in [0.5, 0.6) is 0 Å². The van der Waals surface area contributed by atoms with Gasteiger partial charge >= 0.3 is 0 Å². The van der Waals surface area contributed by atoms with E-state index in [-0.39, 0.29) is 16.2 Å². The Morgan fingerprint density at radius 1 is 1.20 bits per heavy atom. The maximum Gasteiger partial charge on any atom is 0.272 e. The van der Waals surface area contributed by atoms with Crippen LogP contribution in [0.4, 0.5) is 11.4 Å². The summed E-state index contributed by atoms with van der Waals surface area (Å²) in [5.74, 6) is -0.426. The summed E-state index contributed by atoms with van der Waals surface area (Å²) < 4.78 is 23.0. The molecular formula is C16H13N3O5S. The van der Waals surface area contributed by atoms with E-state index in [9.17, 15) is 23.3 Å². The third-order valence-electron chi connectivity index (χ3n) is 3.84. The number of nitrogens with one attached hydrogen (secondary N) is 1. The third-order valence-corrected chi connectivity index (χ3v) is 4.75. The summed E-state index contributed by atoms with van der Waals surface area (Å²) >= 11 is 0. The van der Waals surface area contributed by atoms with Gasteiger partial charge < -0.3 is 5.32 Å². The second-order valence-corrected chi connectivity index (χ2v) is 7.13. The van der Waals surface area contributed by atoms with Crippen molar-refractivity contribution in [2.75, 3.05) is 5.32 Å². The second-order valence-electron chi connectivity index (χ2n) is 5.57. The van der Waals surface area contributed by atoms with Gasteiger partial charge in [-0.2, -0.15) is 0 Å². The number of fused-ring (bicyclic) bond motifs is 1. The van der Waals surface area contributed by atoms with Crippen LogP contribution in [0.25, 0.3) is 11.6 Å². The SMILES string of the molecule is Cc1ccc(/C=C2/C(=O)Nc3ccc(S(N)(=O)=O)cc32)cc1[N+](=O)[O-]. The van der Waals surface area contributed by atoms with Crippen LogP contribution in [0.1, 0.15) is 16.7 Å². The Morgan fingerprint density at radius 3 is 2.56 bits per heavy atom. The number of amides is 1. The van der Waals surface area contributed by atoms with Crippen LogP contribution in [-0.2, 0) is 14.8 Å². The Kier molecular flexibility index (Phi) is 3.90. The van der Waals surface area contributed by atoms with Gasteiger partial charge in [0, 0.05) is 28.5 Å². The fraction of sp³-hybridized carbons (Fsp3) is 0.0625. The average molecular weight is 359 g/mol. The number of anilines is 1. The van der Waals surface area contributed by atoms with E-state index < -0.39 is 20.9 Å². The van der Waals surface area contributed by atoms with E-state index in [1.165, 1.54) is 30.3 Å². The Hall–Kier alpha value is -3.04. The molecule has 2 aromatic rings. The van der Waals surface area contributed by atoms with Gasteiger partial charge in [0.1, 0.15) is 0 Å². The highest BCUT2D eigenvalue weighted by molar-refractivity contribution is 7.89. The van der Waals surface area contributed by atoms with Gasteiger partial charge in [-0.1, -0.05) is 12.1 Å². The summed E-state index contributed by atoms with van der Waals surface area (Å²) in [5, 5.41) is 18.8. The topological polar surface area (TPSA) is 132 Å². The van der Waals surface area contributed by atoms with Gasteiger partial charge in [0.15, 0.2) is 0 Å². The van der Waals surface area contributed by atoms with Crippen molar-refractivity contribution in [2.24, 2.45) is 5.14 Å². The minimum absolute atomic E-state index is 0.0636. The molecule has 0 atom stereocenters. The zero-order chi connectivity index (χ0) is 18.4. The second kappa shape index (κ2) is 5.80. The third kappa shape index (κ3) is 3.14. The van der Waals surface area contributed by atoms with Gasteiger partial charge in [0.05, 0.1) is 9.82 Å². The van der Waals surface area contributed by atoms with Crippen LogP contribution < -0.4 is 10.5 Å². The van der Waals surface area contributed by atoms with E-state index in [0.717, 1.165) is 0 Å². The lowest BCUT2D eigenvalue weighted by Gasteiger charge is -2.03. The first-order valence-electron chi connectivity index (χ1n) is 7.12. The summed E-state index contributed by atoms with van der Waals surface area (Å²) in [5.41, 5.74) is 1.92. The highest BCUT2D eigenvalue weighted by atomic mass is 32.2. The molecule has 8 nitrogen and oxygen atoms in total. The van der Waals surface area contributed by atoms with E-state index in [1.54, 1.807) is 19.1 Å². The molecule has 0 bridgehead atoms. The summed E-state index contributed by atoms with van der Waals surface area (Å²) in [6.07, 6.45) is 1.47. The maximum absolute atomic E-state index is 12.2. The highest BCUT2D eigenvalue weighted by Gasteiger charge is 2.26. The van der Waals surface area contributed by atoms with Crippen LogP contribution in [0.15, 0.2) is 41.3 Å². The predicted octanol–water partition coefficient (Wildman–Crippen LogP) is 2.04. The van der Waals surface area contributed by atoms with Crippen molar-refractivity contribution in [1.29, 1.82) is 0 Å². The molecule has 25 heavy (non-hydrogen) atoms.